The molecule has 0 radical (unpaired) electrons. The van der Waals surface area contributed by atoms with E-state index in [-0.39, 0.29) is 5.82 Å². The normalized spacial score (nSPS) is 11.2. The van der Waals surface area contributed by atoms with E-state index in [0.717, 1.165) is 12.1 Å². The number of carbonyl (C=O) groups excluding carboxylic acids is 1. The first kappa shape index (κ1) is 11.6. The fraction of sp³-hybridized carbons (Fsp3) is 0.143. The predicted octanol–water partition coefficient (Wildman–Crippen LogP) is 1.94. The van der Waals surface area contributed by atoms with Crippen molar-refractivity contribution in [3.05, 3.63) is 17.8 Å². The summed E-state index contributed by atoms with van der Waals surface area (Å²) in [7, 11) is 0. The molecule has 1 aromatic heterocycles. The number of alkyl halides is 3. The van der Waals surface area contributed by atoms with Gasteiger partial charge < -0.3 is 10.5 Å². The molecule has 15 heavy (non-hydrogen) atoms. The van der Waals surface area contributed by atoms with Crippen molar-refractivity contribution in [1.29, 1.82) is 0 Å². The Morgan fingerprint density at radius 2 is 2.07 bits per heavy atom. The van der Waals surface area contributed by atoms with E-state index in [4.69, 9.17) is 17.3 Å². The van der Waals surface area contributed by atoms with Crippen molar-refractivity contribution in [3.63, 3.8) is 0 Å². The van der Waals surface area contributed by atoms with Crippen LogP contribution in [-0.4, -0.2) is 16.6 Å². The number of hydrogen-bond donors (Lipinski definition) is 1. The lowest BCUT2D eigenvalue weighted by molar-refractivity contribution is -0.274. The van der Waals surface area contributed by atoms with E-state index in [9.17, 15) is 18.0 Å². The molecule has 82 valence electrons. The minimum absolute atomic E-state index is 0.131. The monoisotopic (exact) mass is 240 g/mol. The van der Waals surface area contributed by atoms with Crippen molar-refractivity contribution in [2.24, 2.45) is 0 Å². The first-order valence-electron chi connectivity index (χ1n) is 3.51. The summed E-state index contributed by atoms with van der Waals surface area (Å²) in [4.78, 5) is 14.0. The molecule has 0 saturated carbocycles. The molecule has 8 heteroatoms. The smallest absolute Gasteiger partial charge is 0.403 e. The third-order valence-corrected chi connectivity index (χ3v) is 1.47. The van der Waals surface area contributed by atoms with Crippen molar-refractivity contribution in [3.8, 4) is 5.75 Å². The third-order valence-electron chi connectivity index (χ3n) is 1.29. The van der Waals surface area contributed by atoms with Gasteiger partial charge in [-0.25, -0.2) is 4.98 Å². The van der Waals surface area contributed by atoms with Gasteiger partial charge in [-0.05, 0) is 23.7 Å². The summed E-state index contributed by atoms with van der Waals surface area (Å²) in [5.41, 5.74) is 4.50. The second-order valence-electron chi connectivity index (χ2n) is 2.40. The lowest BCUT2D eigenvalue weighted by atomic mass is 10.3. The zero-order chi connectivity index (χ0) is 11.6. The van der Waals surface area contributed by atoms with Crippen molar-refractivity contribution >= 4 is 22.7 Å². The second kappa shape index (κ2) is 3.93. The van der Waals surface area contributed by atoms with Crippen LogP contribution in [0.3, 0.4) is 0 Å². The Bertz CT molecular complexity index is 394. The summed E-state index contributed by atoms with van der Waals surface area (Å²) in [6, 6.07) is 1.93. The number of hydrogen-bond acceptors (Lipinski definition) is 4. The maximum absolute atomic E-state index is 11.8. The number of nitrogens with two attached hydrogens (primary N) is 1. The molecule has 0 amide bonds. The molecule has 0 aliphatic heterocycles. The number of carbonyl (C=O) groups is 1. The highest BCUT2D eigenvalue weighted by molar-refractivity contribution is 6.67. The van der Waals surface area contributed by atoms with Crippen LogP contribution in [-0.2, 0) is 0 Å². The SMILES string of the molecule is Nc1ccc(OC(F)(F)F)c(C(=O)Cl)n1. The number of ether oxygens (including phenoxy) is 1. The molecule has 1 aromatic rings. The molecule has 2 N–H and O–H groups in total. The number of halogens is 4. The summed E-state index contributed by atoms with van der Waals surface area (Å²) in [5.74, 6) is -0.912. The highest BCUT2D eigenvalue weighted by Gasteiger charge is 2.33. The minimum Gasteiger partial charge on any atom is -0.403 e. The number of aromatic nitrogens is 1. The second-order valence-corrected chi connectivity index (χ2v) is 2.75. The summed E-state index contributed by atoms with van der Waals surface area (Å²) >= 11 is 5.00. The molecule has 1 heterocycles. The van der Waals surface area contributed by atoms with Crippen LogP contribution in [0, 0.1) is 0 Å². The first-order chi connectivity index (χ1) is 6.79. The lowest BCUT2D eigenvalue weighted by Gasteiger charge is -2.10. The Morgan fingerprint density at radius 3 is 2.53 bits per heavy atom. The third kappa shape index (κ3) is 3.28. The number of anilines is 1. The van der Waals surface area contributed by atoms with Crippen molar-refractivity contribution in [2.45, 2.75) is 6.36 Å². The first-order valence-corrected chi connectivity index (χ1v) is 3.89. The Morgan fingerprint density at radius 1 is 1.47 bits per heavy atom. The molecule has 0 aromatic carbocycles. The van der Waals surface area contributed by atoms with E-state index in [1.165, 1.54) is 0 Å². The van der Waals surface area contributed by atoms with Crippen LogP contribution < -0.4 is 10.5 Å². The van der Waals surface area contributed by atoms with Gasteiger partial charge >= 0.3 is 6.36 Å². The summed E-state index contributed by atoms with van der Waals surface area (Å²) in [5, 5.41) is -1.18. The molecular formula is C7H4ClF3N2O2. The molecule has 0 fully saturated rings. The van der Waals surface area contributed by atoms with Gasteiger partial charge in [0.05, 0.1) is 0 Å². The summed E-state index contributed by atoms with van der Waals surface area (Å²) in [6.45, 7) is 0. The van der Waals surface area contributed by atoms with Crippen LogP contribution >= 0.6 is 11.6 Å². The standard InChI is InChI=1S/C7H4ClF3N2O2/c8-6(14)5-3(15-7(9,10)11)1-2-4(12)13-5/h1-2H,(H2,12,13). The molecule has 0 aliphatic rings. The number of nitrogens with zero attached hydrogens (tertiary/aromatic N) is 1. The van der Waals surface area contributed by atoms with Gasteiger partial charge in [0, 0.05) is 0 Å². The van der Waals surface area contributed by atoms with Gasteiger partial charge in [-0.1, -0.05) is 0 Å². The average Bonchev–Trinajstić information content (AvgIpc) is 2.05. The van der Waals surface area contributed by atoms with Gasteiger partial charge in [0.25, 0.3) is 5.24 Å². The maximum Gasteiger partial charge on any atom is 0.573 e. The van der Waals surface area contributed by atoms with E-state index in [2.05, 4.69) is 9.72 Å². The van der Waals surface area contributed by atoms with E-state index < -0.39 is 23.0 Å². The summed E-state index contributed by atoms with van der Waals surface area (Å²) in [6.07, 6.45) is -4.92. The van der Waals surface area contributed by atoms with Crippen molar-refractivity contribution < 1.29 is 22.7 Å². The summed E-state index contributed by atoms with van der Waals surface area (Å²) < 4.78 is 39.1. The van der Waals surface area contributed by atoms with E-state index >= 15 is 0 Å². The van der Waals surface area contributed by atoms with E-state index in [1.807, 2.05) is 0 Å². The molecule has 0 bridgehead atoms. The molecule has 1 rings (SSSR count). The van der Waals surface area contributed by atoms with Crippen molar-refractivity contribution in [2.75, 3.05) is 5.73 Å². The maximum atomic E-state index is 11.8. The van der Waals surface area contributed by atoms with Crippen LogP contribution in [0.2, 0.25) is 0 Å². The molecule has 0 atom stereocenters. The quantitative estimate of drug-likeness (QED) is 0.803. The van der Waals surface area contributed by atoms with E-state index in [1.54, 1.807) is 0 Å². The molecule has 0 aliphatic carbocycles. The van der Waals surface area contributed by atoms with Crippen LogP contribution in [0.15, 0.2) is 12.1 Å². The number of nitrogen functional groups attached to an aromatic ring is 1. The Hall–Kier alpha value is -1.50. The van der Waals surface area contributed by atoms with Gasteiger partial charge in [0.15, 0.2) is 11.4 Å². The Labute approximate surface area is 86.8 Å². The van der Waals surface area contributed by atoms with Gasteiger partial charge in [0.1, 0.15) is 5.82 Å². The molecule has 0 unspecified atom stereocenters. The predicted molar refractivity (Wildman–Crippen MR) is 45.5 cm³/mol. The molecule has 0 spiro atoms. The van der Waals surface area contributed by atoms with Gasteiger partial charge in [0.2, 0.25) is 0 Å². The zero-order valence-corrected chi connectivity index (χ0v) is 7.76. The Balaban J connectivity index is 3.12. The fourth-order valence-electron chi connectivity index (χ4n) is 0.809. The van der Waals surface area contributed by atoms with E-state index in [0.29, 0.717) is 0 Å². The number of rotatable bonds is 2. The largest absolute Gasteiger partial charge is 0.573 e. The van der Waals surface area contributed by atoms with Crippen molar-refractivity contribution in [1.82, 2.24) is 4.98 Å². The molecule has 0 saturated heterocycles. The van der Waals surface area contributed by atoms with Crippen LogP contribution in [0.25, 0.3) is 0 Å². The average molecular weight is 241 g/mol. The highest BCUT2D eigenvalue weighted by atomic mass is 35.5. The topological polar surface area (TPSA) is 65.2 Å². The number of pyridine rings is 1. The van der Waals surface area contributed by atoms with Crippen LogP contribution in [0.1, 0.15) is 10.5 Å². The van der Waals surface area contributed by atoms with Crippen LogP contribution in [0.4, 0.5) is 19.0 Å². The zero-order valence-electron chi connectivity index (χ0n) is 7.01. The molecule has 4 nitrogen and oxygen atoms in total. The van der Waals surface area contributed by atoms with Gasteiger partial charge in [-0.3, -0.25) is 4.79 Å². The minimum atomic E-state index is -4.92. The fourth-order valence-corrected chi connectivity index (χ4v) is 0.945. The van der Waals surface area contributed by atoms with Gasteiger partial charge in [-0.15, -0.1) is 13.2 Å². The highest BCUT2D eigenvalue weighted by Crippen LogP contribution is 2.26. The van der Waals surface area contributed by atoms with Crippen LogP contribution in [0.5, 0.6) is 5.75 Å². The Kier molecular flexibility index (Phi) is 3.04. The lowest BCUT2D eigenvalue weighted by Crippen LogP contribution is -2.19. The van der Waals surface area contributed by atoms with Gasteiger partial charge in [-0.2, -0.15) is 0 Å². The molecular weight excluding hydrogens is 237 g/mol.